The van der Waals surface area contributed by atoms with Crippen molar-refractivity contribution >= 4 is 28.8 Å². The highest BCUT2D eigenvalue weighted by Gasteiger charge is 2.20. The second-order valence-electron chi connectivity index (χ2n) is 3.80. The molecule has 18 heavy (non-hydrogen) atoms. The molecule has 0 saturated heterocycles. The Balaban J connectivity index is 3.37. The van der Waals surface area contributed by atoms with Crippen LogP contribution in [0.4, 0.5) is 11.4 Å². The van der Waals surface area contributed by atoms with Gasteiger partial charge in [0.05, 0.1) is 22.9 Å². The first-order valence-corrected chi connectivity index (χ1v) is 5.51. The largest absolute Gasteiger partial charge is 0.473 e. The summed E-state index contributed by atoms with van der Waals surface area (Å²) < 4.78 is 5.38. The molecule has 98 valence electrons. The lowest BCUT2D eigenvalue weighted by atomic mass is 10.3. The molecule has 8 heteroatoms. The van der Waals surface area contributed by atoms with E-state index in [0.717, 1.165) is 0 Å². The van der Waals surface area contributed by atoms with E-state index in [-0.39, 0.29) is 34.3 Å². The van der Waals surface area contributed by atoms with Crippen molar-refractivity contribution in [3.05, 3.63) is 21.3 Å². The van der Waals surface area contributed by atoms with Gasteiger partial charge in [-0.3, -0.25) is 10.1 Å². The van der Waals surface area contributed by atoms with Gasteiger partial charge >= 0.3 is 5.69 Å². The minimum absolute atomic E-state index is 0.116. The molecule has 1 aromatic heterocycles. The summed E-state index contributed by atoms with van der Waals surface area (Å²) in [5.41, 5.74) is 5.29. The number of rotatable bonds is 4. The first-order chi connectivity index (χ1) is 8.31. The van der Waals surface area contributed by atoms with Gasteiger partial charge in [0, 0.05) is 0 Å². The van der Waals surface area contributed by atoms with Gasteiger partial charge in [-0.15, -0.1) is 0 Å². The normalized spacial score (nSPS) is 11.7. The molecular weight excluding hydrogens is 260 g/mol. The second-order valence-corrected chi connectivity index (χ2v) is 4.16. The zero-order chi connectivity index (χ0) is 13.9. The quantitative estimate of drug-likeness (QED) is 0.298. The zero-order valence-corrected chi connectivity index (χ0v) is 10.9. The predicted octanol–water partition coefficient (Wildman–Crippen LogP) is 2.44. The first-order valence-electron chi connectivity index (χ1n) is 5.13. The predicted molar refractivity (Wildman–Crippen MR) is 68.6 cm³/mol. The molecule has 0 atom stereocenters. The van der Waals surface area contributed by atoms with Crippen LogP contribution >= 0.6 is 11.6 Å². The van der Waals surface area contributed by atoms with Gasteiger partial charge in [-0.2, -0.15) is 4.98 Å². The third kappa shape index (κ3) is 3.56. The topological polar surface area (TPSA) is 104 Å². The molecule has 0 unspecified atom stereocenters. The number of hydrogen-bond acceptors (Lipinski definition) is 5. The van der Waals surface area contributed by atoms with Crippen molar-refractivity contribution in [1.82, 2.24) is 4.98 Å². The molecule has 0 aliphatic rings. The van der Waals surface area contributed by atoms with E-state index in [1.807, 2.05) is 0 Å². The number of aromatic nitrogens is 1. The summed E-state index contributed by atoms with van der Waals surface area (Å²) >= 11 is 5.70. The van der Waals surface area contributed by atoms with Gasteiger partial charge in [-0.05, 0) is 20.8 Å². The average Bonchev–Trinajstić information content (AvgIpc) is 2.19. The molecule has 1 rings (SSSR count). The van der Waals surface area contributed by atoms with E-state index >= 15 is 0 Å². The van der Waals surface area contributed by atoms with Crippen molar-refractivity contribution in [3.8, 4) is 5.88 Å². The highest BCUT2D eigenvalue weighted by molar-refractivity contribution is 6.31. The highest BCUT2D eigenvalue weighted by Crippen LogP contribution is 2.34. The Labute approximate surface area is 109 Å². The van der Waals surface area contributed by atoms with Crippen LogP contribution in [0, 0.1) is 10.1 Å². The van der Waals surface area contributed by atoms with E-state index in [1.165, 1.54) is 6.07 Å². The van der Waals surface area contributed by atoms with Crippen molar-refractivity contribution in [3.63, 3.8) is 0 Å². The molecule has 0 bridgehead atoms. The molecule has 0 fully saturated rings. The number of hydrogen-bond donors (Lipinski definition) is 1. The van der Waals surface area contributed by atoms with E-state index in [9.17, 15) is 10.1 Å². The summed E-state index contributed by atoms with van der Waals surface area (Å²) in [6.45, 7) is 5.14. The molecule has 0 saturated carbocycles. The number of nitro groups is 1. The minimum Gasteiger partial charge on any atom is -0.473 e. The highest BCUT2D eigenvalue weighted by atomic mass is 35.5. The number of halogens is 1. The fraction of sp³-hybridized carbons (Fsp3) is 0.400. The molecule has 0 aliphatic heterocycles. The standard InChI is InChI=1S/C10H13ClN4O3/c1-5(2)18-10-7(13-6(3)12)4-8(15(16)17)9(11)14-10/h4-5H,1-3H3,(H2,12,13). The Morgan fingerprint density at radius 2 is 2.28 bits per heavy atom. The lowest BCUT2D eigenvalue weighted by Crippen LogP contribution is -2.09. The number of nitrogens with zero attached hydrogens (tertiary/aromatic N) is 3. The molecule has 0 aromatic carbocycles. The van der Waals surface area contributed by atoms with Gasteiger partial charge < -0.3 is 10.5 Å². The van der Waals surface area contributed by atoms with Gasteiger partial charge in [0.1, 0.15) is 5.69 Å². The van der Waals surface area contributed by atoms with Crippen LogP contribution in [0.25, 0.3) is 0 Å². The summed E-state index contributed by atoms with van der Waals surface area (Å²) in [4.78, 5) is 17.9. The van der Waals surface area contributed by atoms with Crippen LogP contribution in [0.1, 0.15) is 20.8 Å². The van der Waals surface area contributed by atoms with Crippen molar-refractivity contribution in [1.29, 1.82) is 0 Å². The zero-order valence-electron chi connectivity index (χ0n) is 10.2. The Hall–Kier alpha value is -1.89. The van der Waals surface area contributed by atoms with Crippen LogP contribution in [0.15, 0.2) is 11.1 Å². The van der Waals surface area contributed by atoms with Crippen molar-refractivity contribution in [2.45, 2.75) is 26.9 Å². The number of aliphatic imine (C=N–C) groups is 1. The molecular formula is C10H13ClN4O3. The number of nitrogens with two attached hydrogens (primary N) is 1. The maximum Gasteiger partial charge on any atom is 0.308 e. The molecule has 0 aliphatic carbocycles. The Kier molecular flexibility index (Phi) is 4.43. The average molecular weight is 273 g/mol. The van der Waals surface area contributed by atoms with Crippen LogP contribution in [-0.2, 0) is 0 Å². The number of ether oxygens (including phenoxy) is 1. The Morgan fingerprint density at radius 1 is 1.67 bits per heavy atom. The summed E-state index contributed by atoms with van der Waals surface area (Å²) in [6.07, 6.45) is -0.165. The molecule has 0 spiro atoms. The maximum atomic E-state index is 10.8. The smallest absolute Gasteiger partial charge is 0.308 e. The summed E-state index contributed by atoms with van der Waals surface area (Å²) in [5, 5.41) is 10.5. The maximum absolute atomic E-state index is 10.8. The Bertz CT molecular complexity index is 498. The fourth-order valence-corrected chi connectivity index (χ4v) is 1.36. The van der Waals surface area contributed by atoms with Crippen LogP contribution in [0.3, 0.4) is 0 Å². The molecule has 7 nitrogen and oxygen atoms in total. The Morgan fingerprint density at radius 3 is 2.72 bits per heavy atom. The number of amidine groups is 1. The minimum atomic E-state index is -0.640. The molecule has 0 radical (unpaired) electrons. The fourth-order valence-electron chi connectivity index (χ4n) is 1.16. The molecule has 2 N–H and O–H groups in total. The van der Waals surface area contributed by atoms with E-state index in [4.69, 9.17) is 22.1 Å². The van der Waals surface area contributed by atoms with Crippen LogP contribution < -0.4 is 10.5 Å². The van der Waals surface area contributed by atoms with Gasteiger partial charge in [-0.1, -0.05) is 11.6 Å². The summed E-state index contributed by atoms with van der Waals surface area (Å²) in [6, 6.07) is 1.18. The van der Waals surface area contributed by atoms with Gasteiger partial charge in [0.15, 0.2) is 0 Å². The van der Waals surface area contributed by atoms with Crippen molar-refractivity contribution in [2.24, 2.45) is 10.7 Å². The van der Waals surface area contributed by atoms with Crippen LogP contribution in [0.5, 0.6) is 5.88 Å². The van der Waals surface area contributed by atoms with Gasteiger partial charge in [0.25, 0.3) is 0 Å². The van der Waals surface area contributed by atoms with Crippen molar-refractivity contribution in [2.75, 3.05) is 0 Å². The van der Waals surface area contributed by atoms with E-state index < -0.39 is 4.92 Å². The molecule has 1 heterocycles. The van der Waals surface area contributed by atoms with Crippen LogP contribution in [-0.4, -0.2) is 21.8 Å². The summed E-state index contributed by atoms with van der Waals surface area (Å²) in [7, 11) is 0. The summed E-state index contributed by atoms with van der Waals surface area (Å²) in [5.74, 6) is 0.354. The lowest BCUT2D eigenvalue weighted by Gasteiger charge is -2.11. The second kappa shape index (κ2) is 5.63. The monoisotopic (exact) mass is 272 g/mol. The van der Waals surface area contributed by atoms with Crippen LogP contribution in [0.2, 0.25) is 5.15 Å². The SMILES string of the molecule is CC(N)=Nc1cc([N+](=O)[O-])c(Cl)nc1OC(C)C. The third-order valence-electron chi connectivity index (χ3n) is 1.74. The van der Waals surface area contributed by atoms with E-state index in [0.29, 0.717) is 0 Å². The van der Waals surface area contributed by atoms with E-state index in [2.05, 4.69) is 9.98 Å². The molecule has 1 aromatic rings. The van der Waals surface area contributed by atoms with Crippen molar-refractivity contribution < 1.29 is 9.66 Å². The number of pyridine rings is 1. The molecule has 0 amide bonds. The third-order valence-corrected chi connectivity index (χ3v) is 2.02. The van der Waals surface area contributed by atoms with Gasteiger partial charge in [0.2, 0.25) is 11.0 Å². The first kappa shape index (κ1) is 14.2. The lowest BCUT2D eigenvalue weighted by molar-refractivity contribution is -0.385. The van der Waals surface area contributed by atoms with Gasteiger partial charge in [-0.25, -0.2) is 4.99 Å². The van der Waals surface area contributed by atoms with E-state index in [1.54, 1.807) is 20.8 Å².